The lowest BCUT2D eigenvalue weighted by Gasteiger charge is -2.42. The molecule has 1 aliphatic heterocycles. The van der Waals surface area contributed by atoms with Crippen molar-refractivity contribution in [3.8, 4) is 0 Å². The number of halogens is 1. The Morgan fingerprint density at radius 3 is 3.06 bits per heavy atom. The van der Waals surface area contributed by atoms with Crippen LogP contribution in [0.5, 0.6) is 0 Å². The van der Waals surface area contributed by atoms with Gasteiger partial charge in [-0.1, -0.05) is 23.7 Å². The van der Waals surface area contributed by atoms with Gasteiger partial charge in [-0.05, 0) is 12.1 Å². The van der Waals surface area contributed by atoms with Crippen molar-refractivity contribution in [1.29, 1.82) is 0 Å². The lowest BCUT2D eigenvalue weighted by atomic mass is 10.1. The van der Waals surface area contributed by atoms with E-state index in [1.807, 2.05) is 12.1 Å². The first kappa shape index (κ1) is 13.3. The minimum Gasteiger partial charge on any atom is -0.632 e. The van der Waals surface area contributed by atoms with E-state index in [0.717, 1.165) is 12.0 Å². The number of rotatable bonds is 3. The quantitative estimate of drug-likeness (QED) is 0.481. The predicted molar refractivity (Wildman–Crippen MR) is 68.7 cm³/mol. The average Bonchev–Trinajstić information content (AvgIpc) is 2.70. The summed E-state index contributed by atoms with van der Waals surface area (Å²) >= 11 is 5.90. The number of nitrogens with zero attached hydrogens (tertiary/aromatic N) is 1. The van der Waals surface area contributed by atoms with E-state index in [2.05, 4.69) is 0 Å². The number of ether oxygens (including phenoxy) is 1. The van der Waals surface area contributed by atoms with Crippen molar-refractivity contribution in [2.45, 2.75) is 25.4 Å². The monoisotopic (exact) mass is 269 g/mol. The molecular formula is C13H16ClNO3. The molecular weight excluding hydrogens is 254 g/mol. The largest absolute Gasteiger partial charge is 0.632 e. The molecule has 2 unspecified atom stereocenters. The summed E-state index contributed by atoms with van der Waals surface area (Å²) in [7, 11) is 1.32. The van der Waals surface area contributed by atoms with E-state index in [1.54, 1.807) is 12.1 Å². The van der Waals surface area contributed by atoms with Gasteiger partial charge in [0.1, 0.15) is 6.54 Å². The molecule has 1 saturated heterocycles. The fraction of sp³-hybridized carbons (Fsp3) is 0.462. The number of benzene rings is 1. The van der Waals surface area contributed by atoms with Gasteiger partial charge in [0.2, 0.25) is 0 Å². The number of carbonyl (C=O) groups is 1. The molecule has 0 N–H and O–H groups in total. The molecule has 0 spiro atoms. The van der Waals surface area contributed by atoms with Crippen LogP contribution in [-0.4, -0.2) is 30.3 Å². The fourth-order valence-corrected chi connectivity index (χ4v) is 2.74. The van der Waals surface area contributed by atoms with Crippen molar-refractivity contribution >= 4 is 17.6 Å². The minimum atomic E-state index is -0.603. The van der Waals surface area contributed by atoms with Crippen LogP contribution in [0.15, 0.2) is 24.3 Å². The predicted octanol–water partition coefficient (Wildman–Crippen LogP) is 2.49. The highest BCUT2D eigenvalue weighted by molar-refractivity contribution is 6.30. The molecule has 1 aliphatic rings. The standard InChI is InChI=1S/C13H16ClNO3/c1-18-13(16)12-6-3-7-15(12,17)9-10-4-2-5-11(14)8-10/h2,4-5,8,12H,3,6-7,9H2,1H3. The summed E-state index contributed by atoms with van der Waals surface area (Å²) < 4.78 is 4.18. The van der Waals surface area contributed by atoms with E-state index < -0.39 is 16.7 Å². The minimum absolute atomic E-state index is 0.264. The van der Waals surface area contributed by atoms with Crippen molar-refractivity contribution in [2.75, 3.05) is 13.7 Å². The lowest BCUT2D eigenvalue weighted by Crippen LogP contribution is -2.49. The van der Waals surface area contributed by atoms with Crippen molar-refractivity contribution in [3.05, 3.63) is 40.1 Å². The Morgan fingerprint density at radius 1 is 1.61 bits per heavy atom. The Balaban J connectivity index is 2.18. The van der Waals surface area contributed by atoms with Gasteiger partial charge in [-0.3, -0.25) is 0 Å². The molecule has 98 valence electrons. The van der Waals surface area contributed by atoms with Crippen molar-refractivity contribution in [3.63, 3.8) is 0 Å². The summed E-state index contributed by atoms with van der Waals surface area (Å²) in [5.74, 6) is -0.412. The average molecular weight is 270 g/mol. The first-order valence-electron chi connectivity index (χ1n) is 5.95. The number of hydrogen-bond acceptors (Lipinski definition) is 3. The van der Waals surface area contributed by atoms with E-state index in [-0.39, 0.29) is 6.54 Å². The summed E-state index contributed by atoms with van der Waals surface area (Å²) in [6, 6.07) is 6.60. The van der Waals surface area contributed by atoms with Gasteiger partial charge in [0.25, 0.3) is 0 Å². The number of methoxy groups -OCH3 is 1. The van der Waals surface area contributed by atoms with Gasteiger partial charge in [0.05, 0.1) is 13.7 Å². The van der Waals surface area contributed by atoms with Crippen molar-refractivity contribution in [1.82, 2.24) is 0 Å². The number of hydroxylamine groups is 3. The molecule has 1 aromatic rings. The number of esters is 1. The number of quaternary nitrogens is 1. The van der Waals surface area contributed by atoms with E-state index in [9.17, 15) is 10.0 Å². The van der Waals surface area contributed by atoms with Gasteiger partial charge in [-0.25, -0.2) is 4.79 Å². The molecule has 0 bridgehead atoms. The maximum atomic E-state index is 12.7. The van der Waals surface area contributed by atoms with E-state index in [0.29, 0.717) is 18.0 Å². The smallest absolute Gasteiger partial charge is 0.365 e. The topological polar surface area (TPSA) is 49.4 Å². The zero-order valence-electron chi connectivity index (χ0n) is 10.3. The SMILES string of the molecule is COC(=O)C1CCC[N+]1([O-])Cc1cccc(Cl)c1. The van der Waals surface area contributed by atoms with Crippen LogP contribution in [0.1, 0.15) is 18.4 Å². The van der Waals surface area contributed by atoms with E-state index in [4.69, 9.17) is 16.3 Å². The van der Waals surface area contributed by atoms with Gasteiger partial charge in [0.15, 0.2) is 6.04 Å². The highest BCUT2D eigenvalue weighted by atomic mass is 35.5. The summed E-state index contributed by atoms with van der Waals surface area (Å²) in [5, 5.41) is 13.3. The molecule has 1 aromatic carbocycles. The van der Waals surface area contributed by atoms with Crippen LogP contribution < -0.4 is 0 Å². The van der Waals surface area contributed by atoms with Crippen molar-refractivity contribution in [2.24, 2.45) is 0 Å². The van der Waals surface area contributed by atoms with Crippen molar-refractivity contribution < 1.29 is 14.2 Å². The summed E-state index contributed by atoms with van der Waals surface area (Å²) in [6.07, 6.45) is 1.35. The molecule has 0 amide bonds. The second-order valence-electron chi connectivity index (χ2n) is 4.65. The van der Waals surface area contributed by atoms with Gasteiger partial charge >= 0.3 is 5.97 Å². The van der Waals surface area contributed by atoms with Gasteiger partial charge in [0, 0.05) is 23.4 Å². The molecule has 2 atom stereocenters. The second kappa shape index (κ2) is 5.26. The molecule has 5 heteroatoms. The fourth-order valence-electron chi connectivity index (χ4n) is 2.52. The van der Waals surface area contributed by atoms with Crippen LogP contribution in [0.4, 0.5) is 0 Å². The molecule has 1 fully saturated rings. The van der Waals surface area contributed by atoms with Gasteiger partial charge < -0.3 is 14.6 Å². The molecule has 2 rings (SSSR count). The van der Waals surface area contributed by atoms with Crippen LogP contribution in [0.2, 0.25) is 5.02 Å². The Kier molecular flexibility index (Phi) is 3.90. The van der Waals surface area contributed by atoms with Gasteiger partial charge in [-0.15, -0.1) is 0 Å². The second-order valence-corrected chi connectivity index (χ2v) is 5.08. The van der Waals surface area contributed by atoms with Crippen LogP contribution in [0, 0.1) is 5.21 Å². The third-order valence-corrected chi connectivity index (χ3v) is 3.63. The van der Waals surface area contributed by atoms with Crippen LogP contribution in [-0.2, 0) is 16.1 Å². The van der Waals surface area contributed by atoms with E-state index >= 15 is 0 Å². The summed E-state index contributed by atoms with van der Waals surface area (Å²) in [4.78, 5) is 11.6. The summed E-state index contributed by atoms with van der Waals surface area (Å²) in [5.41, 5.74) is 0.855. The number of carbonyl (C=O) groups excluding carboxylic acids is 1. The normalized spacial score (nSPS) is 27.2. The first-order chi connectivity index (χ1) is 8.55. The molecule has 1 heterocycles. The zero-order valence-corrected chi connectivity index (χ0v) is 11.0. The van der Waals surface area contributed by atoms with Crippen LogP contribution in [0.3, 0.4) is 0 Å². The maximum Gasteiger partial charge on any atom is 0.365 e. The van der Waals surface area contributed by atoms with E-state index in [1.165, 1.54) is 7.11 Å². The Labute approximate surface area is 111 Å². The molecule has 0 radical (unpaired) electrons. The Hall–Kier alpha value is -1.10. The lowest BCUT2D eigenvalue weighted by molar-refractivity contribution is -0.897. The van der Waals surface area contributed by atoms with Gasteiger partial charge in [-0.2, -0.15) is 0 Å². The zero-order chi connectivity index (χ0) is 13.2. The molecule has 18 heavy (non-hydrogen) atoms. The van der Waals surface area contributed by atoms with Crippen LogP contribution >= 0.6 is 11.6 Å². The highest BCUT2D eigenvalue weighted by Crippen LogP contribution is 2.30. The molecule has 4 nitrogen and oxygen atoms in total. The third-order valence-electron chi connectivity index (χ3n) is 3.39. The Bertz CT molecular complexity index is 452. The summed E-state index contributed by atoms with van der Waals surface area (Å²) in [6.45, 7) is 0.715. The third kappa shape index (κ3) is 2.66. The van der Waals surface area contributed by atoms with Crippen LogP contribution in [0.25, 0.3) is 0 Å². The number of likely N-dealkylation sites (tertiary alicyclic amines) is 1. The Morgan fingerprint density at radius 2 is 2.39 bits per heavy atom. The maximum absolute atomic E-state index is 12.7. The molecule has 0 aromatic heterocycles. The first-order valence-corrected chi connectivity index (χ1v) is 6.33. The highest BCUT2D eigenvalue weighted by Gasteiger charge is 2.40. The molecule has 0 aliphatic carbocycles. The number of hydrogen-bond donors (Lipinski definition) is 0. The molecule has 0 saturated carbocycles.